The maximum atomic E-state index is 12.6. The Morgan fingerprint density at radius 1 is 1.29 bits per heavy atom. The number of hydrogen-bond acceptors (Lipinski definition) is 3. The third kappa shape index (κ3) is 4.05. The molecule has 1 aromatic rings. The monoisotopic (exact) mass is 310 g/mol. The first-order valence-corrected chi connectivity index (χ1v) is 9.24. The van der Waals surface area contributed by atoms with E-state index in [-0.39, 0.29) is 6.04 Å². The van der Waals surface area contributed by atoms with Crippen molar-refractivity contribution in [3.8, 4) is 0 Å². The lowest BCUT2D eigenvalue weighted by molar-refractivity contribution is 0.303. The van der Waals surface area contributed by atoms with Gasteiger partial charge in [0.25, 0.3) is 0 Å². The number of sulfonamides is 1. The van der Waals surface area contributed by atoms with Gasteiger partial charge in [0.1, 0.15) is 0 Å². The van der Waals surface area contributed by atoms with Gasteiger partial charge in [-0.05, 0) is 49.8 Å². The van der Waals surface area contributed by atoms with Crippen LogP contribution in [-0.2, 0) is 16.6 Å². The van der Waals surface area contributed by atoms with Crippen LogP contribution in [-0.4, -0.2) is 14.5 Å². The molecule has 0 aliphatic heterocycles. The summed E-state index contributed by atoms with van der Waals surface area (Å²) < 4.78 is 28.1. The van der Waals surface area contributed by atoms with Gasteiger partial charge in [-0.1, -0.05) is 31.4 Å². The highest BCUT2D eigenvalue weighted by Crippen LogP contribution is 2.27. The first-order chi connectivity index (χ1) is 9.94. The molecule has 0 spiro atoms. The molecule has 1 saturated carbocycles. The summed E-state index contributed by atoms with van der Waals surface area (Å²) in [5.41, 5.74) is 7.21. The van der Waals surface area contributed by atoms with Crippen LogP contribution in [0.25, 0.3) is 0 Å². The molecule has 2 rings (SSSR count). The summed E-state index contributed by atoms with van der Waals surface area (Å²) in [5, 5.41) is 0. The van der Waals surface area contributed by atoms with E-state index >= 15 is 0 Å². The Bertz CT molecular complexity index is 578. The number of rotatable bonds is 5. The quantitative estimate of drug-likeness (QED) is 0.878. The van der Waals surface area contributed by atoms with Crippen LogP contribution in [0.4, 0.5) is 0 Å². The van der Waals surface area contributed by atoms with Gasteiger partial charge < -0.3 is 5.73 Å². The average Bonchev–Trinajstić information content (AvgIpc) is 2.48. The Labute approximate surface area is 128 Å². The normalized spacial score (nSPS) is 18.6. The molecular weight excluding hydrogens is 284 g/mol. The van der Waals surface area contributed by atoms with E-state index in [0.717, 1.165) is 24.0 Å². The minimum Gasteiger partial charge on any atom is -0.326 e. The lowest BCUT2D eigenvalue weighted by atomic mass is 9.85. The summed E-state index contributed by atoms with van der Waals surface area (Å²) in [6, 6.07) is 5.36. The molecule has 1 fully saturated rings. The van der Waals surface area contributed by atoms with E-state index in [1.165, 1.54) is 19.3 Å². The molecule has 0 amide bonds. The van der Waals surface area contributed by atoms with E-state index in [9.17, 15) is 8.42 Å². The number of nitrogens with two attached hydrogens (primary N) is 1. The van der Waals surface area contributed by atoms with Crippen molar-refractivity contribution < 1.29 is 8.42 Å². The molecule has 3 N–H and O–H groups in total. The van der Waals surface area contributed by atoms with Gasteiger partial charge in [0.2, 0.25) is 10.0 Å². The Morgan fingerprint density at radius 2 is 1.95 bits per heavy atom. The first-order valence-electron chi connectivity index (χ1n) is 7.76. The number of benzene rings is 1. The molecule has 5 heteroatoms. The van der Waals surface area contributed by atoms with Gasteiger partial charge >= 0.3 is 0 Å². The summed E-state index contributed by atoms with van der Waals surface area (Å²) in [6.07, 6.45) is 5.92. The zero-order chi connectivity index (χ0) is 15.5. The predicted octanol–water partition coefficient (Wildman–Crippen LogP) is 2.70. The number of aryl methyl sites for hydroxylation is 1. The zero-order valence-corrected chi connectivity index (χ0v) is 13.7. The molecule has 1 aromatic carbocycles. The van der Waals surface area contributed by atoms with Crippen molar-refractivity contribution in [3.63, 3.8) is 0 Å². The molecule has 1 unspecified atom stereocenters. The lowest BCUT2D eigenvalue weighted by Crippen LogP contribution is -2.39. The van der Waals surface area contributed by atoms with E-state index < -0.39 is 10.0 Å². The van der Waals surface area contributed by atoms with Crippen LogP contribution >= 0.6 is 0 Å². The van der Waals surface area contributed by atoms with E-state index in [1.54, 1.807) is 6.07 Å². The SMILES string of the molecule is Cc1ccc(CN)cc1S(=O)(=O)NC(C)C1CCCCC1. The Morgan fingerprint density at radius 3 is 2.57 bits per heavy atom. The number of nitrogens with one attached hydrogen (secondary N) is 1. The maximum Gasteiger partial charge on any atom is 0.241 e. The van der Waals surface area contributed by atoms with E-state index in [4.69, 9.17) is 5.73 Å². The molecular formula is C16H26N2O2S. The second-order valence-corrected chi connectivity index (χ2v) is 7.79. The van der Waals surface area contributed by atoms with Crippen molar-refractivity contribution in [2.24, 2.45) is 11.7 Å². The largest absolute Gasteiger partial charge is 0.326 e. The molecule has 0 heterocycles. The van der Waals surface area contributed by atoms with Gasteiger partial charge in [-0.2, -0.15) is 0 Å². The second kappa shape index (κ2) is 6.90. The topological polar surface area (TPSA) is 72.2 Å². The van der Waals surface area contributed by atoms with Crippen LogP contribution in [0.5, 0.6) is 0 Å². The van der Waals surface area contributed by atoms with E-state index in [1.807, 2.05) is 26.0 Å². The summed E-state index contributed by atoms with van der Waals surface area (Å²) in [6.45, 7) is 4.15. The molecule has 0 aromatic heterocycles. The molecule has 1 aliphatic rings. The van der Waals surface area contributed by atoms with Gasteiger partial charge in [0.15, 0.2) is 0 Å². The van der Waals surface area contributed by atoms with Crippen LogP contribution in [0.2, 0.25) is 0 Å². The Kier molecular flexibility index (Phi) is 5.41. The number of hydrogen-bond donors (Lipinski definition) is 2. The third-order valence-electron chi connectivity index (χ3n) is 4.48. The smallest absolute Gasteiger partial charge is 0.241 e. The molecule has 4 nitrogen and oxygen atoms in total. The maximum absolute atomic E-state index is 12.6. The molecule has 0 saturated heterocycles. The highest BCUT2D eigenvalue weighted by Gasteiger charge is 2.26. The fourth-order valence-electron chi connectivity index (χ4n) is 3.10. The van der Waals surface area contributed by atoms with Crippen molar-refractivity contribution in [2.45, 2.75) is 63.4 Å². The molecule has 1 aliphatic carbocycles. The van der Waals surface area contributed by atoms with Gasteiger partial charge in [0, 0.05) is 12.6 Å². The van der Waals surface area contributed by atoms with Crippen LogP contribution in [0.3, 0.4) is 0 Å². The Hall–Kier alpha value is -0.910. The molecule has 1 atom stereocenters. The van der Waals surface area contributed by atoms with Crippen molar-refractivity contribution in [3.05, 3.63) is 29.3 Å². The molecule has 118 valence electrons. The standard InChI is InChI=1S/C16H26N2O2S/c1-12-8-9-14(11-17)10-16(12)21(19,20)18-13(2)15-6-4-3-5-7-15/h8-10,13,15,18H,3-7,11,17H2,1-2H3. The second-order valence-electron chi connectivity index (χ2n) is 6.11. The van der Waals surface area contributed by atoms with Crippen molar-refractivity contribution >= 4 is 10.0 Å². The van der Waals surface area contributed by atoms with Crippen LogP contribution in [0, 0.1) is 12.8 Å². The summed E-state index contributed by atoms with van der Waals surface area (Å²) in [4.78, 5) is 0.355. The van der Waals surface area contributed by atoms with E-state index in [0.29, 0.717) is 17.4 Å². The summed E-state index contributed by atoms with van der Waals surface area (Å²) in [5.74, 6) is 0.450. The molecule has 0 bridgehead atoms. The van der Waals surface area contributed by atoms with Crippen LogP contribution in [0.1, 0.15) is 50.2 Å². The van der Waals surface area contributed by atoms with Gasteiger partial charge in [-0.3, -0.25) is 0 Å². The lowest BCUT2D eigenvalue weighted by Gasteiger charge is -2.28. The zero-order valence-electron chi connectivity index (χ0n) is 12.9. The highest BCUT2D eigenvalue weighted by atomic mass is 32.2. The van der Waals surface area contributed by atoms with Gasteiger partial charge in [-0.15, -0.1) is 0 Å². The third-order valence-corrected chi connectivity index (χ3v) is 6.18. The van der Waals surface area contributed by atoms with E-state index in [2.05, 4.69) is 4.72 Å². The van der Waals surface area contributed by atoms with Crippen molar-refractivity contribution in [1.82, 2.24) is 4.72 Å². The fraction of sp³-hybridized carbons (Fsp3) is 0.625. The van der Waals surface area contributed by atoms with Gasteiger partial charge in [0.05, 0.1) is 4.90 Å². The van der Waals surface area contributed by atoms with Crippen LogP contribution < -0.4 is 10.5 Å². The predicted molar refractivity (Wildman–Crippen MR) is 85.4 cm³/mol. The minimum atomic E-state index is -3.48. The fourth-order valence-corrected chi connectivity index (χ4v) is 4.71. The molecule has 21 heavy (non-hydrogen) atoms. The minimum absolute atomic E-state index is 0.0174. The highest BCUT2D eigenvalue weighted by molar-refractivity contribution is 7.89. The van der Waals surface area contributed by atoms with Crippen molar-refractivity contribution in [2.75, 3.05) is 0 Å². The van der Waals surface area contributed by atoms with Gasteiger partial charge in [-0.25, -0.2) is 13.1 Å². The first kappa shape index (κ1) is 16.5. The average molecular weight is 310 g/mol. The van der Waals surface area contributed by atoms with Crippen LogP contribution in [0.15, 0.2) is 23.1 Å². The van der Waals surface area contributed by atoms with Crippen molar-refractivity contribution in [1.29, 1.82) is 0 Å². The molecule has 0 radical (unpaired) electrons. The summed E-state index contributed by atoms with van der Waals surface area (Å²) >= 11 is 0. The Balaban J connectivity index is 2.17. The summed E-state index contributed by atoms with van der Waals surface area (Å²) in [7, 11) is -3.48.